The number of carbonyl (C=O) groups excluding carboxylic acids is 1. The molecule has 0 saturated heterocycles. The fourth-order valence-corrected chi connectivity index (χ4v) is 2.51. The van der Waals surface area contributed by atoms with Crippen LogP contribution in [0.3, 0.4) is 0 Å². The summed E-state index contributed by atoms with van der Waals surface area (Å²) < 4.78 is 0. The SMILES string of the molecule is NCCCNCCCCNCCCNC(=O)C(N)Cc1ccc(O)cc1. The number of phenolic OH excluding ortho intramolecular Hbond substituents is 1. The number of hydrogen-bond acceptors (Lipinski definition) is 6. The van der Waals surface area contributed by atoms with Crippen molar-refractivity contribution in [3.8, 4) is 5.75 Å². The van der Waals surface area contributed by atoms with Crippen LogP contribution in [0.25, 0.3) is 0 Å². The van der Waals surface area contributed by atoms with E-state index in [1.165, 1.54) is 0 Å². The standard InChI is InChI=1S/C19H35N5O2/c20-9-3-12-22-10-1-2-11-23-13-4-14-24-19(26)18(21)15-16-5-7-17(25)8-6-16/h5-8,18,22-23,25H,1-4,9-15,20-21H2,(H,24,26). The summed E-state index contributed by atoms with van der Waals surface area (Å²) in [5.41, 5.74) is 12.3. The predicted octanol–water partition coefficient (Wildman–Crippen LogP) is 0.0765. The number of phenols is 1. The van der Waals surface area contributed by atoms with Gasteiger partial charge in [0.1, 0.15) is 5.75 Å². The first-order valence-corrected chi connectivity index (χ1v) is 9.56. The molecule has 1 aromatic rings. The summed E-state index contributed by atoms with van der Waals surface area (Å²) in [4.78, 5) is 12.0. The molecule has 0 fully saturated rings. The van der Waals surface area contributed by atoms with Gasteiger partial charge in [0.25, 0.3) is 0 Å². The van der Waals surface area contributed by atoms with E-state index < -0.39 is 6.04 Å². The summed E-state index contributed by atoms with van der Waals surface area (Å²) in [5.74, 6) is 0.0729. The highest BCUT2D eigenvalue weighted by Gasteiger charge is 2.13. The number of amides is 1. The molecule has 0 aliphatic rings. The zero-order chi connectivity index (χ0) is 19.0. The molecule has 0 heterocycles. The molecule has 0 saturated carbocycles. The molecule has 0 aromatic heterocycles. The molecule has 0 aliphatic carbocycles. The van der Waals surface area contributed by atoms with Gasteiger partial charge >= 0.3 is 0 Å². The Kier molecular flexibility index (Phi) is 12.5. The van der Waals surface area contributed by atoms with Gasteiger partial charge in [0, 0.05) is 6.54 Å². The van der Waals surface area contributed by atoms with Crippen molar-refractivity contribution in [2.75, 3.05) is 39.3 Å². The summed E-state index contributed by atoms with van der Waals surface area (Å²) in [6.45, 7) is 5.28. The third-order valence-corrected chi connectivity index (χ3v) is 4.07. The lowest BCUT2D eigenvalue weighted by atomic mass is 10.1. The molecule has 0 spiro atoms. The molecule has 1 rings (SSSR count). The van der Waals surface area contributed by atoms with E-state index in [1.54, 1.807) is 24.3 Å². The lowest BCUT2D eigenvalue weighted by Crippen LogP contribution is -2.42. The molecule has 1 aromatic carbocycles. The Morgan fingerprint density at radius 1 is 0.923 bits per heavy atom. The van der Waals surface area contributed by atoms with Gasteiger partial charge in [-0.25, -0.2) is 0 Å². The summed E-state index contributed by atoms with van der Waals surface area (Å²) >= 11 is 0. The van der Waals surface area contributed by atoms with Gasteiger partial charge in [-0.1, -0.05) is 12.1 Å². The maximum absolute atomic E-state index is 12.0. The van der Waals surface area contributed by atoms with E-state index in [4.69, 9.17) is 11.5 Å². The Bertz CT molecular complexity index is 481. The van der Waals surface area contributed by atoms with Crippen molar-refractivity contribution < 1.29 is 9.90 Å². The second kappa shape index (κ2) is 14.5. The van der Waals surface area contributed by atoms with E-state index in [0.29, 0.717) is 13.0 Å². The average molecular weight is 366 g/mol. The van der Waals surface area contributed by atoms with Crippen LogP contribution in [0, 0.1) is 0 Å². The zero-order valence-corrected chi connectivity index (χ0v) is 15.7. The Morgan fingerprint density at radius 3 is 2.12 bits per heavy atom. The number of carbonyl (C=O) groups is 1. The largest absolute Gasteiger partial charge is 0.508 e. The number of aromatic hydroxyl groups is 1. The van der Waals surface area contributed by atoms with Crippen LogP contribution in [0.4, 0.5) is 0 Å². The van der Waals surface area contributed by atoms with E-state index in [0.717, 1.165) is 64.0 Å². The van der Waals surface area contributed by atoms with Gasteiger partial charge in [-0.15, -0.1) is 0 Å². The summed E-state index contributed by atoms with van der Waals surface area (Å²) in [7, 11) is 0. The zero-order valence-electron chi connectivity index (χ0n) is 15.7. The van der Waals surface area contributed by atoms with Gasteiger partial charge in [-0.3, -0.25) is 4.79 Å². The maximum atomic E-state index is 12.0. The first kappa shape index (κ1) is 22.4. The Balaban J connectivity index is 1.95. The third-order valence-electron chi connectivity index (χ3n) is 4.07. The molecular weight excluding hydrogens is 330 g/mol. The Hall–Kier alpha value is -1.67. The number of rotatable bonds is 15. The molecule has 26 heavy (non-hydrogen) atoms. The molecule has 0 radical (unpaired) electrons. The number of benzene rings is 1. The minimum Gasteiger partial charge on any atom is -0.508 e. The highest BCUT2D eigenvalue weighted by Crippen LogP contribution is 2.10. The maximum Gasteiger partial charge on any atom is 0.237 e. The van der Waals surface area contributed by atoms with Crippen molar-refractivity contribution in [2.24, 2.45) is 11.5 Å². The molecule has 1 unspecified atom stereocenters. The number of hydrogen-bond donors (Lipinski definition) is 6. The fourth-order valence-electron chi connectivity index (χ4n) is 2.51. The van der Waals surface area contributed by atoms with Gasteiger partial charge in [-0.2, -0.15) is 0 Å². The van der Waals surface area contributed by atoms with Crippen molar-refractivity contribution in [2.45, 2.75) is 38.1 Å². The topological polar surface area (TPSA) is 125 Å². The summed E-state index contributed by atoms with van der Waals surface area (Å²) in [6, 6.07) is 6.18. The molecule has 0 aliphatic heterocycles. The van der Waals surface area contributed by atoms with Crippen LogP contribution in [-0.2, 0) is 11.2 Å². The lowest BCUT2D eigenvalue weighted by molar-refractivity contribution is -0.122. The first-order valence-electron chi connectivity index (χ1n) is 9.56. The molecule has 7 nitrogen and oxygen atoms in total. The smallest absolute Gasteiger partial charge is 0.237 e. The summed E-state index contributed by atoms with van der Waals surface area (Å²) in [6.07, 6.45) is 4.67. The first-order chi connectivity index (χ1) is 12.6. The van der Waals surface area contributed by atoms with Crippen molar-refractivity contribution in [1.29, 1.82) is 0 Å². The quantitative estimate of drug-likeness (QED) is 0.244. The molecule has 8 N–H and O–H groups in total. The van der Waals surface area contributed by atoms with Crippen molar-refractivity contribution in [3.05, 3.63) is 29.8 Å². The van der Waals surface area contributed by atoms with E-state index >= 15 is 0 Å². The normalized spacial score (nSPS) is 12.1. The number of unbranched alkanes of at least 4 members (excludes halogenated alkanes) is 1. The van der Waals surface area contributed by atoms with E-state index in [-0.39, 0.29) is 11.7 Å². The van der Waals surface area contributed by atoms with E-state index in [1.807, 2.05) is 0 Å². The number of nitrogens with one attached hydrogen (secondary N) is 3. The fraction of sp³-hybridized carbons (Fsp3) is 0.632. The van der Waals surface area contributed by atoms with Gasteiger partial charge in [0.15, 0.2) is 0 Å². The molecule has 7 heteroatoms. The van der Waals surface area contributed by atoms with Crippen LogP contribution in [0.15, 0.2) is 24.3 Å². The Morgan fingerprint density at radius 2 is 1.50 bits per heavy atom. The van der Waals surface area contributed by atoms with Crippen LogP contribution >= 0.6 is 0 Å². The number of nitrogens with two attached hydrogens (primary N) is 2. The van der Waals surface area contributed by atoms with Gasteiger partial charge in [0.2, 0.25) is 5.91 Å². The van der Waals surface area contributed by atoms with Gasteiger partial charge in [-0.05, 0) is 82.5 Å². The molecule has 0 bridgehead atoms. The highest BCUT2D eigenvalue weighted by atomic mass is 16.3. The predicted molar refractivity (Wildman–Crippen MR) is 106 cm³/mol. The van der Waals surface area contributed by atoms with Crippen LogP contribution in [0.2, 0.25) is 0 Å². The highest BCUT2D eigenvalue weighted by molar-refractivity contribution is 5.81. The van der Waals surface area contributed by atoms with Crippen LogP contribution in [0.5, 0.6) is 5.75 Å². The second-order valence-corrected chi connectivity index (χ2v) is 6.47. The van der Waals surface area contributed by atoms with Gasteiger partial charge < -0.3 is 32.5 Å². The van der Waals surface area contributed by atoms with E-state index in [9.17, 15) is 9.90 Å². The summed E-state index contributed by atoms with van der Waals surface area (Å²) in [5, 5.41) is 18.9. The third kappa shape index (κ3) is 11.0. The van der Waals surface area contributed by atoms with Crippen molar-refractivity contribution >= 4 is 5.91 Å². The minimum atomic E-state index is -0.570. The van der Waals surface area contributed by atoms with Crippen molar-refractivity contribution in [3.63, 3.8) is 0 Å². The minimum absolute atomic E-state index is 0.137. The molecular formula is C19H35N5O2. The molecule has 1 amide bonds. The van der Waals surface area contributed by atoms with Crippen LogP contribution in [0.1, 0.15) is 31.2 Å². The van der Waals surface area contributed by atoms with Crippen molar-refractivity contribution in [1.82, 2.24) is 16.0 Å². The average Bonchev–Trinajstić information content (AvgIpc) is 2.64. The second-order valence-electron chi connectivity index (χ2n) is 6.47. The van der Waals surface area contributed by atoms with Gasteiger partial charge in [0.05, 0.1) is 6.04 Å². The van der Waals surface area contributed by atoms with Crippen LogP contribution < -0.4 is 27.4 Å². The molecule has 148 valence electrons. The lowest BCUT2D eigenvalue weighted by Gasteiger charge is -2.12. The van der Waals surface area contributed by atoms with Crippen LogP contribution in [-0.4, -0.2) is 56.3 Å². The Labute approximate surface area is 156 Å². The van der Waals surface area contributed by atoms with E-state index in [2.05, 4.69) is 16.0 Å². The molecule has 1 atom stereocenters. The monoisotopic (exact) mass is 365 g/mol.